The Bertz CT molecular complexity index is 652. The van der Waals surface area contributed by atoms with Gasteiger partial charge in [-0.25, -0.2) is 13.6 Å². The third-order valence-electron chi connectivity index (χ3n) is 3.15. The first-order valence-electron chi connectivity index (χ1n) is 6.35. The van der Waals surface area contributed by atoms with E-state index in [2.05, 4.69) is 0 Å². The minimum Gasteiger partial charge on any atom is -0.486 e. The van der Waals surface area contributed by atoms with E-state index in [-0.39, 0.29) is 22.4 Å². The lowest BCUT2D eigenvalue weighted by Gasteiger charge is -2.25. The van der Waals surface area contributed by atoms with Crippen molar-refractivity contribution in [1.82, 2.24) is 0 Å². The summed E-state index contributed by atoms with van der Waals surface area (Å²) in [5.74, 6) is 0.0543. The molecule has 8 nitrogen and oxygen atoms in total. The Labute approximate surface area is 122 Å². The third kappa shape index (κ3) is 3.69. The zero-order valence-corrected chi connectivity index (χ0v) is 12.3. The van der Waals surface area contributed by atoms with E-state index >= 15 is 0 Å². The molecule has 1 atom stereocenters. The summed E-state index contributed by atoms with van der Waals surface area (Å²) < 4.78 is 34.3. The molecule has 1 fully saturated rings. The number of sulfonamides is 1. The molecule has 1 aliphatic rings. The largest absolute Gasteiger partial charge is 0.486 e. The van der Waals surface area contributed by atoms with Crippen molar-refractivity contribution in [3.05, 3.63) is 27.8 Å². The molecule has 0 radical (unpaired) electrons. The first-order chi connectivity index (χ1) is 9.79. The van der Waals surface area contributed by atoms with Crippen molar-refractivity contribution >= 4 is 15.7 Å². The van der Waals surface area contributed by atoms with Crippen LogP contribution in [0.5, 0.6) is 5.75 Å². The van der Waals surface area contributed by atoms with E-state index in [1.165, 1.54) is 6.07 Å². The van der Waals surface area contributed by atoms with Crippen LogP contribution in [0.3, 0.4) is 0 Å². The minimum absolute atomic E-state index is 0.0543. The highest BCUT2D eigenvalue weighted by Gasteiger charge is 2.25. The molecule has 21 heavy (non-hydrogen) atoms. The van der Waals surface area contributed by atoms with Crippen LogP contribution in [-0.4, -0.2) is 32.7 Å². The molecule has 9 heteroatoms. The molecule has 1 heterocycles. The fourth-order valence-electron chi connectivity index (χ4n) is 2.16. The number of hydrogen-bond acceptors (Lipinski definition) is 6. The van der Waals surface area contributed by atoms with Gasteiger partial charge in [-0.05, 0) is 25.3 Å². The molecule has 0 amide bonds. The summed E-state index contributed by atoms with van der Waals surface area (Å²) in [6, 6.07) is 2.18. The van der Waals surface area contributed by atoms with Gasteiger partial charge >= 0.3 is 0 Å². The predicted octanol–water partition coefficient (Wildman–Crippen LogP) is 1.11. The van der Waals surface area contributed by atoms with Crippen molar-refractivity contribution in [3.8, 4) is 5.75 Å². The second-order valence-corrected chi connectivity index (χ2v) is 6.38. The Morgan fingerprint density at radius 1 is 1.48 bits per heavy atom. The van der Waals surface area contributed by atoms with E-state index in [1.807, 2.05) is 0 Å². The average Bonchev–Trinajstić information content (AvgIpc) is 2.40. The van der Waals surface area contributed by atoms with Gasteiger partial charge in [0.25, 0.3) is 5.69 Å². The Kier molecular flexibility index (Phi) is 4.45. The highest BCUT2D eigenvalue weighted by Crippen LogP contribution is 2.33. The Morgan fingerprint density at radius 3 is 2.71 bits per heavy atom. The SMILES string of the molecule is Cc1cc([N+](=O)[O-])cc(S(N)(=O)=O)c1OC1CCCOC1. The van der Waals surface area contributed by atoms with Gasteiger partial charge in [-0.3, -0.25) is 10.1 Å². The van der Waals surface area contributed by atoms with Crippen molar-refractivity contribution in [2.75, 3.05) is 13.2 Å². The Hall–Kier alpha value is -1.71. The maximum Gasteiger partial charge on any atom is 0.271 e. The maximum atomic E-state index is 11.7. The van der Waals surface area contributed by atoms with Crippen molar-refractivity contribution in [3.63, 3.8) is 0 Å². The van der Waals surface area contributed by atoms with E-state index < -0.39 is 14.9 Å². The normalized spacial score (nSPS) is 19.2. The smallest absolute Gasteiger partial charge is 0.271 e. The van der Waals surface area contributed by atoms with Crippen LogP contribution in [0.4, 0.5) is 5.69 Å². The van der Waals surface area contributed by atoms with E-state index in [4.69, 9.17) is 14.6 Å². The number of ether oxygens (including phenoxy) is 2. The number of aryl methyl sites for hydroxylation is 1. The van der Waals surface area contributed by atoms with Gasteiger partial charge in [0.15, 0.2) is 0 Å². The van der Waals surface area contributed by atoms with Gasteiger partial charge in [-0.1, -0.05) is 0 Å². The van der Waals surface area contributed by atoms with E-state index in [1.54, 1.807) is 6.92 Å². The first-order valence-corrected chi connectivity index (χ1v) is 7.90. The number of nitrogens with zero attached hydrogens (tertiary/aromatic N) is 1. The molecule has 0 aromatic heterocycles. The fourth-order valence-corrected chi connectivity index (χ4v) is 2.91. The summed E-state index contributed by atoms with van der Waals surface area (Å²) in [5, 5.41) is 16.0. The zero-order valence-electron chi connectivity index (χ0n) is 11.4. The van der Waals surface area contributed by atoms with Gasteiger partial charge in [0, 0.05) is 18.7 Å². The van der Waals surface area contributed by atoms with Gasteiger partial charge < -0.3 is 9.47 Å². The summed E-state index contributed by atoms with van der Waals surface area (Å²) in [6.45, 7) is 2.53. The van der Waals surface area contributed by atoms with E-state index in [9.17, 15) is 18.5 Å². The molecule has 1 saturated heterocycles. The molecule has 0 bridgehead atoms. The number of nitro benzene ring substituents is 1. The number of non-ortho nitro benzene ring substituents is 1. The van der Waals surface area contributed by atoms with Gasteiger partial charge in [-0.15, -0.1) is 0 Å². The van der Waals surface area contributed by atoms with Gasteiger partial charge in [0.1, 0.15) is 16.7 Å². The monoisotopic (exact) mass is 316 g/mol. The number of hydrogen-bond donors (Lipinski definition) is 1. The van der Waals surface area contributed by atoms with Crippen LogP contribution in [-0.2, 0) is 14.8 Å². The quantitative estimate of drug-likeness (QED) is 0.656. The van der Waals surface area contributed by atoms with Crippen LogP contribution in [0.2, 0.25) is 0 Å². The second-order valence-electron chi connectivity index (χ2n) is 4.85. The zero-order chi connectivity index (χ0) is 15.6. The van der Waals surface area contributed by atoms with E-state index in [0.717, 1.165) is 18.9 Å². The standard InChI is InChI=1S/C12H16N2O6S/c1-8-5-9(14(15)16)6-11(21(13,17)18)12(8)20-10-3-2-4-19-7-10/h5-6,10H,2-4,7H2,1H3,(H2,13,17,18). The average molecular weight is 316 g/mol. The molecule has 1 aromatic rings. The van der Waals surface area contributed by atoms with E-state index in [0.29, 0.717) is 18.8 Å². The summed E-state index contributed by atoms with van der Waals surface area (Å²) in [4.78, 5) is 9.80. The number of benzene rings is 1. The highest BCUT2D eigenvalue weighted by molar-refractivity contribution is 7.89. The lowest BCUT2D eigenvalue weighted by Crippen LogP contribution is -2.29. The van der Waals surface area contributed by atoms with Gasteiger partial charge in [-0.2, -0.15) is 0 Å². The van der Waals surface area contributed by atoms with Crippen molar-refractivity contribution in [1.29, 1.82) is 0 Å². The van der Waals surface area contributed by atoms with Crippen LogP contribution in [0.15, 0.2) is 17.0 Å². The molecular formula is C12H16N2O6S. The summed E-state index contributed by atoms with van der Waals surface area (Å²) in [6.07, 6.45) is 1.24. The molecule has 0 saturated carbocycles. The molecule has 2 N–H and O–H groups in total. The van der Waals surface area contributed by atoms with Crippen molar-refractivity contribution < 1.29 is 22.8 Å². The van der Waals surface area contributed by atoms with Crippen LogP contribution in [0.1, 0.15) is 18.4 Å². The third-order valence-corrected chi connectivity index (χ3v) is 4.06. The summed E-state index contributed by atoms with van der Waals surface area (Å²) >= 11 is 0. The number of rotatable bonds is 4. The van der Waals surface area contributed by atoms with Crippen LogP contribution >= 0.6 is 0 Å². The van der Waals surface area contributed by atoms with Crippen LogP contribution < -0.4 is 9.88 Å². The topological polar surface area (TPSA) is 122 Å². The van der Waals surface area contributed by atoms with Gasteiger partial charge in [0.2, 0.25) is 10.0 Å². The lowest BCUT2D eigenvalue weighted by molar-refractivity contribution is -0.385. The molecule has 1 aliphatic heterocycles. The minimum atomic E-state index is -4.13. The molecule has 1 unspecified atom stereocenters. The maximum absolute atomic E-state index is 11.7. The Morgan fingerprint density at radius 2 is 2.19 bits per heavy atom. The summed E-state index contributed by atoms with van der Waals surface area (Å²) in [7, 11) is -4.13. The number of primary sulfonamides is 1. The van der Waals surface area contributed by atoms with Crippen LogP contribution in [0, 0.1) is 17.0 Å². The second kappa shape index (κ2) is 5.96. The first kappa shape index (κ1) is 15.7. The van der Waals surface area contributed by atoms with Crippen molar-refractivity contribution in [2.24, 2.45) is 5.14 Å². The number of nitrogens with two attached hydrogens (primary N) is 1. The van der Waals surface area contributed by atoms with Crippen LogP contribution in [0.25, 0.3) is 0 Å². The number of nitro groups is 1. The van der Waals surface area contributed by atoms with Crippen molar-refractivity contribution in [2.45, 2.75) is 30.8 Å². The highest BCUT2D eigenvalue weighted by atomic mass is 32.2. The fraction of sp³-hybridized carbons (Fsp3) is 0.500. The molecule has 0 aliphatic carbocycles. The molecule has 116 valence electrons. The predicted molar refractivity (Wildman–Crippen MR) is 73.7 cm³/mol. The Balaban J connectivity index is 2.45. The lowest BCUT2D eigenvalue weighted by atomic mass is 10.1. The summed E-state index contributed by atoms with van der Waals surface area (Å²) in [5.41, 5.74) is 0.00238. The molecule has 0 spiro atoms. The molecular weight excluding hydrogens is 300 g/mol. The molecule has 2 rings (SSSR count). The molecule has 1 aromatic carbocycles. The van der Waals surface area contributed by atoms with Gasteiger partial charge in [0.05, 0.1) is 11.5 Å².